The van der Waals surface area contributed by atoms with Crippen molar-refractivity contribution in [2.45, 2.75) is 57.5 Å². The molecule has 35 heavy (non-hydrogen) atoms. The molecule has 4 nitrogen and oxygen atoms in total. The van der Waals surface area contributed by atoms with Gasteiger partial charge in [0.2, 0.25) is 5.95 Å². The van der Waals surface area contributed by atoms with Gasteiger partial charge < -0.3 is 14.5 Å². The van der Waals surface area contributed by atoms with E-state index >= 15 is 0 Å². The lowest BCUT2D eigenvalue weighted by Gasteiger charge is -2.34. The van der Waals surface area contributed by atoms with E-state index in [0.29, 0.717) is 6.04 Å². The minimum Gasteiger partial charge on any atom is -0.350 e. The van der Waals surface area contributed by atoms with Gasteiger partial charge in [0.1, 0.15) is 5.52 Å². The van der Waals surface area contributed by atoms with Crippen LogP contribution in [-0.2, 0) is 0 Å². The number of nitrogens with one attached hydrogen (secondary N) is 1. The summed E-state index contributed by atoms with van der Waals surface area (Å²) in [5, 5.41) is 6.69. The highest BCUT2D eigenvalue weighted by molar-refractivity contribution is 6.10. The van der Waals surface area contributed by atoms with E-state index in [9.17, 15) is 0 Å². The first kappa shape index (κ1) is 20.0. The van der Waals surface area contributed by atoms with Crippen molar-refractivity contribution in [2.75, 3.05) is 5.32 Å². The SMILES string of the molecule is CC(C)n1c(NC23CC4CC(CC2C4)C3)nc2c(-n3c4ccccc4c4ccccc43)cccc21. The predicted octanol–water partition coefficient (Wildman–Crippen LogP) is 7.70. The van der Waals surface area contributed by atoms with Gasteiger partial charge in [-0.1, -0.05) is 42.5 Å². The van der Waals surface area contributed by atoms with Gasteiger partial charge in [0, 0.05) is 22.4 Å². The highest BCUT2D eigenvalue weighted by atomic mass is 15.3. The fourth-order valence-electron chi connectivity index (χ4n) is 8.30. The van der Waals surface area contributed by atoms with Gasteiger partial charge >= 0.3 is 0 Å². The molecular formula is C31H32N4. The molecule has 1 N–H and O–H groups in total. The summed E-state index contributed by atoms with van der Waals surface area (Å²) in [5.41, 5.74) is 6.20. The standard InChI is InChI=1S/C31H32N4/c1-19(2)34-27-12-7-13-28(35-25-10-5-3-8-23(25)24-9-4-6-11-26(24)35)29(27)32-30(34)33-31-17-20-14-21(18-31)16-22(31)15-20/h3-13,19-22H,14-18H2,1-2H3,(H,32,33). The van der Waals surface area contributed by atoms with Crippen molar-refractivity contribution < 1.29 is 0 Å². The first-order chi connectivity index (χ1) is 17.1. The number of benzene rings is 3. The Kier molecular flexibility index (Phi) is 3.94. The Hall–Kier alpha value is -3.27. The van der Waals surface area contributed by atoms with E-state index < -0.39 is 0 Å². The van der Waals surface area contributed by atoms with E-state index in [2.05, 4.69) is 95.0 Å². The highest BCUT2D eigenvalue weighted by Gasteiger charge is 2.58. The number of hydrogen-bond acceptors (Lipinski definition) is 2. The summed E-state index contributed by atoms with van der Waals surface area (Å²) in [4.78, 5) is 5.39. The van der Waals surface area contributed by atoms with Crippen LogP contribution in [0, 0.1) is 17.8 Å². The van der Waals surface area contributed by atoms with Crippen molar-refractivity contribution in [1.82, 2.24) is 14.1 Å². The number of rotatable bonds is 4. The van der Waals surface area contributed by atoms with Crippen molar-refractivity contribution in [3.05, 3.63) is 66.7 Å². The molecule has 2 atom stereocenters. The maximum absolute atomic E-state index is 5.39. The lowest BCUT2D eigenvalue weighted by atomic mass is 9.80. The molecule has 0 amide bonds. The second-order valence-electron chi connectivity index (χ2n) is 11.7. The van der Waals surface area contributed by atoms with Crippen molar-refractivity contribution in [3.8, 4) is 5.69 Å². The van der Waals surface area contributed by atoms with Crippen LogP contribution >= 0.6 is 0 Å². The molecule has 4 bridgehead atoms. The molecule has 4 heteroatoms. The van der Waals surface area contributed by atoms with E-state index in [1.165, 1.54) is 59.4 Å². The molecule has 3 aromatic carbocycles. The fourth-order valence-corrected chi connectivity index (χ4v) is 8.30. The molecule has 4 saturated carbocycles. The van der Waals surface area contributed by atoms with Gasteiger partial charge in [-0.05, 0) is 88.0 Å². The molecule has 4 aliphatic rings. The quantitative estimate of drug-likeness (QED) is 0.298. The topological polar surface area (TPSA) is 34.8 Å². The van der Waals surface area contributed by atoms with Crippen LogP contribution < -0.4 is 5.32 Å². The van der Waals surface area contributed by atoms with Crippen LogP contribution in [0.15, 0.2) is 66.7 Å². The van der Waals surface area contributed by atoms with Gasteiger partial charge in [0.25, 0.3) is 0 Å². The van der Waals surface area contributed by atoms with Gasteiger partial charge in [-0.2, -0.15) is 0 Å². The maximum Gasteiger partial charge on any atom is 0.204 e. The van der Waals surface area contributed by atoms with E-state index in [0.717, 1.165) is 34.9 Å². The highest BCUT2D eigenvalue weighted by Crippen LogP contribution is 2.61. The van der Waals surface area contributed by atoms with Crippen LogP contribution in [0.1, 0.15) is 52.0 Å². The fraction of sp³-hybridized carbons (Fsp3) is 0.387. The minimum absolute atomic E-state index is 0.259. The first-order valence-corrected chi connectivity index (χ1v) is 13.4. The molecule has 0 aliphatic heterocycles. The van der Waals surface area contributed by atoms with Gasteiger partial charge in [0.05, 0.1) is 22.2 Å². The molecule has 4 fully saturated rings. The normalized spacial score (nSPS) is 27.2. The Morgan fingerprint density at radius 2 is 1.43 bits per heavy atom. The summed E-state index contributed by atoms with van der Waals surface area (Å²) in [6.45, 7) is 4.57. The van der Waals surface area contributed by atoms with Gasteiger partial charge in [-0.25, -0.2) is 4.98 Å². The van der Waals surface area contributed by atoms with E-state index in [1.807, 2.05) is 0 Å². The summed E-state index contributed by atoms with van der Waals surface area (Å²) in [5.74, 6) is 3.73. The Labute approximate surface area is 206 Å². The number of anilines is 1. The van der Waals surface area contributed by atoms with Crippen LogP contribution in [0.2, 0.25) is 0 Å². The lowest BCUT2D eigenvalue weighted by molar-refractivity contribution is 0.273. The second kappa shape index (κ2) is 6.90. The van der Waals surface area contributed by atoms with Crippen molar-refractivity contribution in [3.63, 3.8) is 0 Å². The summed E-state index contributed by atoms with van der Waals surface area (Å²) < 4.78 is 4.86. The summed E-state index contributed by atoms with van der Waals surface area (Å²) in [7, 11) is 0. The second-order valence-corrected chi connectivity index (χ2v) is 11.7. The average molecular weight is 461 g/mol. The zero-order chi connectivity index (χ0) is 23.3. The zero-order valence-electron chi connectivity index (χ0n) is 20.5. The molecule has 4 aliphatic carbocycles. The van der Waals surface area contributed by atoms with Crippen molar-refractivity contribution in [1.29, 1.82) is 0 Å². The third-order valence-corrected chi connectivity index (χ3v) is 9.39. The van der Waals surface area contributed by atoms with Gasteiger partial charge in [-0.15, -0.1) is 0 Å². The molecule has 2 heterocycles. The number of nitrogens with zero attached hydrogens (tertiary/aromatic N) is 3. The van der Waals surface area contributed by atoms with Crippen LogP contribution in [0.3, 0.4) is 0 Å². The number of para-hydroxylation sites is 3. The molecule has 2 unspecified atom stereocenters. The third kappa shape index (κ3) is 2.66. The van der Waals surface area contributed by atoms with Gasteiger partial charge in [0.15, 0.2) is 0 Å². The Morgan fingerprint density at radius 3 is 2.09 bits per heavy atom. The molecule has 9 rings (SSSR count). The van der Waals surface area contributed by atoms with E-state index in [4.69, 9.17) is 4.98 Å². The van der Waals surface area contributed by atoms with Crippen molar-refractivity contribution in [2.24, 2.45) is 17.8 Å². The van der Waals surface area contributed by atoms with Crippen LogP contribution in [0.5, 0.6) is 0 Å². The minimum atomic E-state index is 0.259. The van der Waals surface area contributed by atoms with E-state index in [-0.39, 0.29) is 5.54 Å². The molecule has 176 valence electrons. The molecule has 0 spiro atoms. The third-order valence-electron chi connectivity index (χ3n) is 9.39. The largest absolute Gasteiger partial charge is 0.350 e. The predicted molar refractivity (Wildman–Crippen MR) is 144 cm³/mol. The number of fused-ring (bicyclic) bond motifs is 4. The Balaban J connectivity index is 1.36. The summed E-state index contributed by atoms with van der Waals surface area (Å²) in [6.07, 6.45) is 6.94. The zero-order valence-corrected chi connectivity index (χ0v) is 20.5. The average Bonchev–Trinajstić information content (AvgIpc) is 3.52. The van der Waals surface area contributed by atoms with Crippen LogP contribution in [-0.4, -0.2) is 19.7 Å². The number of hydrogen-bond donors (Lipinski definition) is 1. The molecule has 2 aromatic heterocycles. The Bertz CT molecular complexity index is 1550. The molecule has 0 saturated heterocycles. The first-order valence-electron chi connectivity index (χ1n) is 13.4. The Morgan fingerprint density at radius 1 is 0.800 bits per heavy atom. The number of imidazole rings is 1. The van der Waals surface area contributed by atoms with Crippen molar-refractivity contribution >= 4 is 38.8 Å². The monoisotopic (exact) mass is 460 g/mol. The van der Waals surface area contributed by atoms with Gasteiger partial charge in [-0.3, -0.25) is 0 Å². The summed E-state index contributed by atoms with van der Waals surface area (Å²) >= 11 is 0. The maximum atomic E-state index is 5.39. The molecular weight excluding hydrogens is 428 g/mol. The molecule has 5 aromatic rings. The van der Waals surface area contributed by atoms with E-state index in [1.54, 1.807) is 0 Å². The number of aromatic nitrogens is 3. The summed E-state index contributed by atoms with van der Waals surface area (Å²) in [6, 6.07) is 24.5. The smallest absolute Gasteiger partial charge is 0.204 e. The molecule has 0 radical (unpaired) electrons. The van der Waals surface area contributed by atoms with Crippen LogP contribution in [0.4, 0.5) is 5.95 Å². The van der Waals surface area contributed by atoms with Crippen LogP contribution in [0.25, 0.3) is 38.5 Å². The lowest BCUT2D eigenvalue weighted by Crippen LogP contribution is -2.40.